The van der Waals surface area contributed by atoms with E-state index < -0.39 is 0 Å². The monoisotopic (exact) mass is 347 g/mol. The smallest absolute Gasteiger partial charge is 0.265 e. The maximum atomic E-state index is 12.2. The summed E-state index contributed by atoms with van der Waals surface area (Å²) in [5.74, 6) is 0.695. The third kappa shape index (κ3) is 4.30. The molecule has 0 aliphatic carbocycles. The Morgan fingerprint density at radius 1 is 1.42 bits per heavy atom. The van der Waals surface area contributed by atoms with Gasteiger partial charge in [-0.15, -0.1) is 5.10 Å². The van der Waals surface area contributed by atoms with Crippen LogP contribution in [0.15, 0.2) is 24.3 Å². The van der Waals surface area contributed by atoms with Gasteiger partial charge >= 0.3 is 0 Å². The van der Waals surface area contributed by atoms with E-state index in [9.17, 15) is 4.79 Å². The molecule has 7 heteroatoms. The van der Waals surface area contributed by atoms with Crippen LogP contribution in [0.2, 0.25) is 0 Å². The minimum absolute atomic E-state index is 0.124. The number of ether oxygens (including phenoxy) is 2. The molecule has 3 rings (SSSR count). The molecule has 128 valence electrons. The Morgan fingerprint density at radius 2 is 2.25 bits per heavy atom. The lowest BCUT2D eigenvalue weighted by atomic mass is 10.2. The highest BCUT2D eigenvalue weighted by Crippen LogP contribution is 2.17. The second-order valence-corrected chi connectivity index (χ2v) is 6.43. The third-order valence-corrected chi connectivity index (χ3v) is 4.70. The van der Waals surface area contributed by atoms with Gasteiger partial charge in [-0.2, -0.15) is 0 Å². The first-order valence-corrected chi connectivity index (χ1v) is 8.96. The second kappa shape index (κ2) is 8.21. The van der Waals surface area contributed by atoms with Crippen LogP contribution in [0.3, 0.4) is 0 Å². The predicted molar refractivity (Wildman–Crippen MR) is 91.4 cm³/mol. The van der Waals surface area contributed by atoms with Crippen molar-refractivity contribution in [3.8, 4) is 5.75 Å². The Balaban J connectivity index is 1.48. The van der Waals surface area contributed by atoms with E-state index in [2.05, 4.69) is 14.9 Å². The van der Waals surface area contributed by atoms with Gasteiger partial charge in [0.15, 0.2) is 0 Å². The van der Waals surface area contributed by atoms with Crippen LogP contribution in [0.1, 0.15) is 40.7 Å². The van der Waals surface area contributed by atoms with Crippen molar-refractivity contribution in [2.75, 3.05) is 13.2 Å². The summed E-state index contributed by atoms with van der Waals surface area (Å²) in [5.41, 5.74) is 1.76. The Kier molecular flexibility index (Phi) is 5.77. The van der Waals surface area contributed by atoms with Gasteiger partial charge in [0.2, 0.25) is 0 Å². The Labute approximate surface area is 145 Å². The normalized spacial score (nSPS) is 17.0. The Bertz CT molecular complexity index is 666. The van der Waals surface area contributed by atoms with Gasteiger partial charge in [-0.1, -0.05) is 23.5 Å². The van der Waals surface area contributed by atoms with E-state index in [0.29, 0.717) is 24.4 Å². The molecular formula is C17H21N3O3S. The number of rotatable bonds is 7. The minimum atomic E-state index is -0.124. The molecule has 0 radical (unpaired) electrons. The average molecular weight is 347 g/mol. The molecule has 6 nitrogen and oxygen atoms in total. The number of benzene rings is 1. The molecule has 2 aromatic rings. The first-order valence-electron chi connectivity index (χ1n) is 8.19. The zero-order valence-electron chi connectivity index (χ0n) is 13.7. The summed E-state index contributed by atoms with van der Waals surface area (Å²) in [7, 11) is 0. The highest BCUT2D eigenvalue weighted by Gasteiger charge is 2.16. The molecule has 0 spiro atoms. The van der Waals surface area contributed by atoms with Gasteiger partial charge in [0.25, 0.3) is 5.91 Å². The molecule has 1 aliphatic heterocycles. The predicted octanol–water partition coefficient (Wildman–Crippen LogP) is 2.59. The quantitative estimate of drug-likeness (QED) is 0.833. The zero-order chi connectivity index (χ0) is 16.8. The summed E-state index contributed by atoms with van der Waals surface area (Å²) in [6.07, 6.45) is 3.10. The molecule has 1 amide bonds. The van der Waals surface area contributed by atoms with Gasteiger partial charge in [-0.05, 0) is 48.5 Å². The molecule has 1 unspecified atom stereocenters. The number of hydrogen-bond acceptors (Lipinski definition) is 6. The Hall–Kier alpha value is -1.99. The lowest BCUT2D eigenvalue weighted by molar-refractivity contribution is 0.0679. The van der Waals surface area contributed by atoms with E-state index in [4.69, 9.17) is 9.47 Å². The molecule has 1 N–H and O–H groups in total. The molecule has 1 aliphatic rings. The van der Waals surface area contributed by atoms with Gasteiger partial charge < -0.3 is 14.8 Å². The molecule has 1 aromatic heterocycles. The Morgan fingerprint density at radius 3 is 2.96 bits per heavy atom. The van der Waals surface area contributed by atoms with Crippen molar-refractivity contribution in [1.29, 1.82) is 0 Å². The van der Waals surface area contributed by atoms with Crippen LogP contribution in [-0.2, 0) is 17.7 Å². The van der Waals surface area contributed by atoms with Gasteiger partial charge in [0.05, 0.1) is 11.8 Å². The van der Waals surface area contributed by atoms with Crippen LogP contribution in [0.4, 0.5) is 0 Å². The minimum Gasteiger partial charge on any atom is -0.491 e. The largest absolute Gasteiger partial charge is 0.491 e. The van der Waals surface area contributed by atoms with Crippen LogP contribution in [0, 0.1) is 0 Å². The fourth-order valence-electron chi connectivity index (χ4n) is 2.54. The zero-order valence-corrected chi connectivity index (χ0v) is 14.5. The molecule has 1 atom stereocenters. The number of carbonyl (C=O) groups excluding carboxylic acids is 1. The van der Waals surface area contributed by atoms with E-state index in [0.717, 1.165) is 48.0 Å². The van der Waals surface area contributed by atoms with Crippen molar-refractivity contribution < 1.29 is 14.3 Å². The van der Waals surface area contributed by atoms with Crippen molar-refractivity contribution in [2.24, 2.45) is 0 Å². The number of carbonyl (C=O) groups is 1. The van der Waals surface area contributed by atoms with E-state index in [-0.39, 0.29) is 12.0 Å². The number of aryl methyl sites for hydroxylation is 1. The number of nitrogens with one attached hydrogen (secondary N) is 1. The number of amides is 1. The molecule has 1 aromatic carbocycles. The SMILES string of the molecule is CCc1nnsc1C(=O)NCc1ccc(OCC2CCCO2)cc1. The molecule has 1 fully saturated rings. The lowest BCUT2D eigenvalue weighted by Crippen LogP contribution is -2.22. The maximum Gasteiger partial charge on any atom is 0.265 e. The summed E-state index contributed by atoms with van der Waals surface area (Å²) in [6, 6.07) is 7.75. The second-order valence-electron chi connectivity index (χ2n) is 5.67. The molecule has 0 saturated carbocycles. The number of nitrogens with zero attached hydrogens (tertiary/aromatic N) is 2. The summed E-state index contributed by atoms with van der Waals surface area (Å²) < 4.78 is 15.1. The van der Waals surface area contributed by atoms with E-state index in [1.54, 1.807) is 0 Å². The van der Waals surface area contributed by atoms with Crippen molar-refractivity contribution in [3.63, 3.8) is 0 Å². The van der Waals surface area contributed by atoms with Crippen LogP contribution in [0.5, 0.6) is 5.75 Å². The summed E-state index contributed by atoms with van der Waals surface area (Å²) in [6.45, 7) is 3.85. The van der Waals surface area contributed by atoms with Gasteiger partial charge in [0, 0.05) is 13.2 Å². The van der Waals surface area contributed by atoms with Gasteiger partial charge in [-0.25, -0.2) is 0 Å². The van der Waals surface area contributed by atoms with Crippen molar-refractivity contribution in [1.82, 2.24) is 14.9 Å². The van der Waals surface area contributed by atoms with Gasteiger partial charge in [-0.3, -0.25) is 4.79 Å². The van der Waals surface area contributed by atoms with Crippen molar-refractivity contribution >= 4 is 17.4 Å². The molecule has 1 saturated heterocycles. The van der Waals surface area contributed by atoms with E-state index in [1.165, 1.54) is 0 Å². The molecular weight excluding hydrogens is 326 g/mol. The van der Waals surface area contributed by atoms with E-state index >= 15 is 0 Å². The standard InChI is InChI=1S/C17H21N3O3S/c1-2-15-16(24-20-19-15)17(21)18-10-12-5-7-13(8-6-12)23-11-14-4-3-9-22-14/h5-8,14H,2-4,9-11H2,1H3,(H,18,21). The van der Waals surface area contributed by atoms with Gasteiger partial charge in [0.1, 0.15) is 17.2 Å². The topological polar surface area (TPSA) is 73.3 Å². The molecule has 24 heavy (non-hydrogen) atoms. The fraction of sp³-hybridized carbons (Fsp3) is 0.471. The van der Waals surface area contributed by atoms with E-state index in [1.807, 2.05) is 31.2 Å². The first-order chi connectivity index (χ1) is 11.8. The summed E-state index contributed by atoms with van der Waals surface area (Å²) >= 11 is 1.13. The maximum absolute atomic E-state index is 12.2. The fourth-order valence-corrected chi connectivity index (χ4v) is 3.21. The number of hydrogen-bond donors (Lipinski definition) is 1. The molecule has 0 bridgehead atoms. The van der Waals surface area contributed by atoms with Crippen molar-refractivity contribution in [2.45, 2.75) is 38.8 Å². The van der Waals surface area contributed by atoms with Crippen LogP contribution in [0.25, 0.3) is 0 Å². The molecule has 2 heterocycles. The summed E-state index contributed by atoms with van der Waals surface area (Å²) in [4.78, 5) is 12.7. The van der Waals surface area contributed by atoms with Crippen LogP contribution in [-0.4, -0.2) is 34.8 Å². The number of aromatic nitrogens is 2. The third-order valence-electron chi connectivity index (χ3n) is 3.93. The first kappa shape index (κ1) is 16.9. The van der Waals surface area contributed by atoms with Crippen LogP contribution < -0.4 is 10.1 Å². The summed E-state index contributed by atoms with van der Waals surface area (Å²) in [5, 5.41) is 6.86. The highest BCUT2D eigenvalue weighted by molar-refractivity contribution is 7.08. The van der Waals surface area contributed by atoms with Crippen LogP contribution >= 0.6 is 11.5 Å². The van der Waals surface area contributed by atoms with Crippen molar-refractivity contribution in [3.05, 3.63) is 40.4 Å². The lowest BCUT2D eigenvalue weighted by Gasteiger charge is -2.12. The average Bonchev–Trinajstić information content (AvgIpc) is 3.29. The highest BCUT2D eigenvalue weighted by atomic mass is 32.1.